The van der Waals surface area contributed by atoms with Crippen LogP contribution in [0, 0.1) is 0 Å². The number of aliphatic carboxylic acids is 1. The molecule has 0 atom stereocenters. The number of carboxylic acid groups (broad SMARTS) is 1. The molecule has 12 heavy (non-hydrogen) atoms. The quantitative estimate of drug-likeness (QED) is 0.736. The van der Waals surface area contributed by atoms with Gasteiger partial charge in [0.2, 0.25) is 0 Å². The van der Waals surface area contributed by atoms with Gasteiger partial charge in [0.15, 0.2) is 0 Å². The van der Waals surface area contributed by atoms with Crippen molar-refractivity contribution in [1.29, 1.82) is 0 Å². The van der Waals surface area contributed by atoms with Crippen LogP contribution in [0.2, 0.25) is 0 Å². The van der Waals surface area contributed by atoms with Crippen LogP contribution >= 0.6 is 0 Å². The number of rotatable bonds is 4. The first-order valence-electron chi connectivity index (χ1n) is 3.66. The number of carbonyl (C=O) groups is 1. The lowest BCUT2D eigenvalue weighted by Crippen LogP contribution is -2.08. The molecule has 0 aliphatic carbocycles. The summed E-state index contributed by atoms with van der Waals surface area (Å²) in [4.78, 5) is 10.3. The molecule has 0 radical (unpaired) electrons. The van der Waals surface area contributed by atoms with Crippen molar-refractivity contribution in [3.63, 3.8) is 0 Å². The molecular weight excluding hydrogens is 161 g/mol. The van der Waals surface area contributed by atoms with Crippen molar-refractivity contribution in [3.8, 4) is 0 Å². The van der Waals surface area contributed by atoms with Crippen LogP contribution in [0.4, 0.5) is 4.39 Å². The predicted octanol–water partition coefficient (Wildman–Crippen LogP) is 1.08. The van der Waals surface area contributed by atoms with Gasteiger partial charge in [0, 0.05) is 11.9 Å². The van der Waals surface area contributed by atoms with E-state index in [-0.39, 0.29) is 13.0 Å². The van der Waals surface area contributed by atoms with Gasteiger partial charge in [-0.1, -0.05) is 0 Å². The van der Waals surface area contributed by atoms with E-state index in [4.69, 9.17) is 5.11 Å². The zero-order chi connectivity index (χ0) is 8.97. The largest absolute Gasteiger partial charge is 0.481 e. The molecule has 0 spiro atoms. The van der Waals surface area contributed by atoms with Gasteiger partial charge in [-0.25, -0.2) is 4.39 Å². The number of alkyl halides is 1. The number of halogens is 1. The van der Waals surface area contributed by atoms with Gasteiger partial charge in [-0.2, -0.15) is 0 Å². The summed E-state index contributed by atoms with van der Waals surface area (Å²) < 4.78 is 13.5. The highest BCUT2D eigenvalue weighted by atomic mass is 19.1. The molecule has 0 amide bonds. The standard InChI is InChI=1S/C8H10FNO2/c9-3-5-10-4-1-2-7(10)6-8(11)12/h1-2,4H,3,5-6H2,(H,11,12). The van der Waals surface area contributed by atoms with Crippen LogP contribution < -0.4 is 0 Å². The smallest absolute Gasteiger partial charge is 0.309 e. The van der Waals surface area contributed by atoms with Gasteiger partial charge in [-0.3, -0.25) is 4.79 Å². The Morgan fingerprint density at radius 1 is 1.67 bits per heavy atom. The Morgan fingerprint density at radius 2 is 2.42 bits per heavy atom. The van der Waals surface area contributed by atoms with Crippen molar-refractivity contribution in [1.82, 2.24) is 4.57 Å². The third-order valence-corrected chi connectivity index (χ3v) is 1.58. The van der Waals surface area contributed by atoms with Gasteiger partial charge in [0.05, 0.1) is 13.0 Å². The molecule has 1 rings (SSSR count). The minimum atomic E-state index is -0.895. The summed E-state index contributed by atoms with van der Waals surface area (Å²) in [5, 5.41) is 8.47. The molecule has 3 nitrogen and oxygen atoms in total. The molecule has 0 saturated heterocycles. The van der Waals surface area contributed by atoms with Crippen LogP contribution in [0.3, 0.4) is 0 Å². The van der Waals surface area contributed by atoms with Crippen molar-refractivity contribution >= 4 is 5.97 Å². The molecule has 66 valence electrons. The number of hydrogen-bond acceptors (Lipinski definition) is 1. The van der Waals surface area contributed by atoms with Crippen LogP contribution in [0.25, 0.3) is 0 Å². The third kappa shape index (κ3) is 2.08. The zero-order valence-electron chi connectivity index (χ0n) is 6.53. The van der Waals surface area contributed by atoms with Crippen molar-refractivity contribution in [2.45, 2.75) is 13.0 Å². The molecule has 0 aromatic carbocycles. The van der Waals surface area contributed by atoms with E-state index in [0.29, 0.717) is 5.69 Å². The monoisotopic (exact) mass is 171 g/mol. The fourth-order valence-electron chi connectivity index (χ4n) is 1.07. The van der Waals surface area contributed by atoms with Gasteiger partial charge in [-0.15, -0.1) is 0 Å². The molecule has 0 aliphatic rings. The summed E-state index contributed by atoms with van der Waals surface area (Å²) >= 11 is 0. The SMILES string of the molecule is O=C(O)Cc1cccn1CCF. The number of hydrogen-bond donors (Lipinski definition) is 1. The minimum Gasteiger partial charge on any atom is -0.481 e. The molecule has 4 heteroatoms. The summed E-state index contributed by atoms with van der Waals surface area (Å²) in [6, 6.07) is 3.40. The first kappa shape index (κ1) is 8.77. The summed E-state index contributed by atoms with van der Waals surface area (Å²) in [7, 11) is 0. The molecule has 1 heterocycles. The fraction of sp³-hybridized carbons (Fsp3) is 0.375. The summed E-state index contributed by atoms with van der Waals surface area (Å²) in [5.74, 6) is -0.895. The maximum Gasteiger partial charge on any atom is 0.309 e. The molecule has 0 fully saturated rings. The lowest BCUT2D eigenvalue weighted by Gasteiger charge is -2.03. The lowest BCUT2D eigenvalue weighted by atomic mass is 10.3. The molecule has 0 saturated carbocycles. The van der Waals surface area contributed by atoms with E-state index in [1.807, 2.05) is 0 Å². The topological polar surface area (TPSA) is 42.2 Å². The highest BCUT2D eigenvalue weighted by Gasteiger charge is 2.04. The molecular formula is C8H10FNO2. The predicted molar refractivity (Wildman–Crippen MR) is 41.7 cm³/mol. The number of carboxylic acids is 1. The lowest BCUT2D eigenvalue weighted by molar-refractivity contribution is -0.136. The average molecular weight is 171 g/mol. The fourth-order valence-corrected chi connectivity index (χ4v) is 1.07. The van der Waals surface area contributed by atoms with E-state index < -0.39 is 12.6 Å². The molecule has 1 aromatic rings. The second kappa shape index (κ2) is 3.90. The summed E-state index contributed by atoms with van der Waals surface area (Å²) in [6.45, 7) is -0.239. The maximum atomic E-state index is 11.9. The molecule has 0 aliphatic heterocycles. The Kier molecular flexibility index (Phi) is 2.85. The summed E-state index contributed by atoms with van der Waals surface area (Å²) in [6.07, 6.45) is 1.63. The maximum absolute atomic E-state index is 11.9. The number of nitrogens with zero attached hydrogens (tertiary/aromatic N) is 1. The normalized spacial score (nSPS) is 10.1. The average Bonchev–Trinajstić information content (AvgIpc) is 2.37. The van der Waals surface area contributed by atoms with Gasteiger partial charge in [0.1, 0.15) is 6.67 Å². The van der Waals surface area contributed by atoms with E-state index in [0.717, 1.165) is 0 Å². The Morgan fingerprint density at radius 3 is 3.00 bits per heavy atom. The van der Waals surface area contributed by atoms with Crippen LogP contribution in [0.5, 0.6) is 0 Å². The Balaban J connectivity index is 2.69. The zero-order valence-corrected chi connectivity index (χ0v) is 6.53. The van der Waals surface area contributed by atoms with Gasteiger partial charge >= 0.3 is 5.97 Å². The van der Waals surface area contributed by atoms with Crippen molar-refractivity contribution in [3.05, 3.63) is 24.0 Å². The van der Waals surface area contributed by atoms with Crippen molar-refractivity contribution < 1.29 is 14.3 Å². The van der Waals surface area contributed by atoms with E-state index >= 15 is 0 Å². The van der Waals surface area contributed by atoms with Gasteiger partial charge < -0.3 is 9.67 Å². The van der Waals surface area contributed by atoms with Gasteiger partial charge in [0.25, 0.3) is 0 Å². The van der Waals surface area contributed by atoms with E-state index in [1.54, 1.807) is 22.9 Å². The minimum absolute atomic E-state index is 0.0486. The molecule has 1 aromatic heterocycles. The van der Waals surface area contributed by atoms with Crippen LogP contribution in [-0.2, 0) is 17.8 Å². The second-order valence-corrected chi connectivity index (χ2v) is 2.45. The Bertz CT molecular complexity index is 270. The second-order valence-electron chi connectivity index (χ2n) is 2.45. The first-order chi connectivity index (χ1) is 5.74. The Hall–Kier alpha value is -1.32. The number of aryl methyl sites for hydroxylation is 1. The van der Waals surface area contributed by atoms with E-state index in [9.17, 15) is 9.18 Å². The van der Waals surface area contributed by atoms with Crippen LogP contribution in [0.15, 0.2) is 18.3 Å². The first-order valence-corrected chi connectivity index (χ1v) is 3.66. The van der Waals surface area contributed by atoms with Crippen LogP contribution in [0.1, 0.15) is 5.69 Å². The van der Waals surface area contributed by atoms with E-state index in [2.05, 4.69) is 0 Å². The molecule has 1 N–H and O–H groups in total. The summed E-state index contributed by atoms with van der Waals surface area (Å²) in [5.41, 5.74) is 0.639. The Labute approximate surface area is 69.4 Å². The van der Waals surface area contributed by atoms with Crippen LogP contribution in [-0.4, -0.2) is 22.3 Å². The third-order valence-electron chi connectivity index (χ3n) is 1.58. The van der Waals surface area contributed by atoms with Gasteiger partial charge in [-0.05, 0) is 12.1 Å². The van der Waals surface area contributed by atoms with E-state index in [1.165, 1.54) is 0 Å². The highest BCUT2D eigenvalue weighted by molar-refractivity contribution is 5.69. The van der Waals surface area contributed by atoms with Crippen molar-refractivity contribution in [2.75, 3.05) is 6.67 Å². The number of aromatic nitrogens is 1. The molecule has 0 bridgehead atoms. The van der Waals surface area contributed by atoms with Crippen molar-refractivity contribution in [2.24, 2.45) is 0 Å². The molecule has 0 unspecified atom stereocenters. The highest BCUT2D eigenvalue weighted by Crippen LogP contribution is 2.03.